The molecule has 17 heteroatoms. The van der Waals surface area contributed by atoms with Gasteiger partial charge < -0.3 is 48.3 Å². The van der Waals surface area contributed by atoms with Crippen molar-refractivity contribution >= 4 is 47.3 Å². The van der Waals surface area contributed by atoms with Crippen LogP contribution in [0.4, 0.5) is 0 Å². The maximum atomic E-state index is 14.4. The van der Waals surface area contributed by atoms with Crippen molar-refractivity contribution in [3.05, 3.63) is 35.9 Å². The van der Waals surface area contributed by atoms with Crippen molar-refractivity contribution < 1.29 is 38.4 Å². The number of hydrogen-bond acceptors (Lipinski definition) is 9. The minimum Gasteiger partial charge on any atom is -0.343 e. The van der Waals surface area contributed by atoms with Crippen LogP contribution >= 0.6 is 0 Å². The predicted molar refractivity (Wildman–Crippen MR) is 247 cm³/mol. The first-order valence-electron chi connectivity index (χ1n) is 23.4. The Morgan fingerprint density at radius 3 is 1.38 bits per heavy atom. The minimum absolute atomic E-state index is 0.0471. The molecule has 10 N–H and O–H groups in total. The van der Waals surface area contributed by atoms with Gasteiger partial charge in [0.05, 0.1) is 0 Å². The van der Waals surface area contributed by atoms with Gasteiger partial charge in [0.25, 0.3) is 0 Å². The highest BCUT2D eigenvalue weighted by atomic mass is 16.2. The van der Waals surface area contributed by atoms with Gasteiger partial charge >= 0.3 is 0 Å². The maximum Gasteiger partial charge on any atom is 0.243 e. The second-order valence-corrected chi connectivity index (χ2v) is 18.4. The monoisotopic (exact) mass is 898 g/mol. The topological polar surface area (TPSA) is 259 Å². The van der Waals surface area contributed by atoms with Crippen molar-refractivity contribution in [3.8, 4) is 0 Å². The molecule has 0 spiro atoms. The maximum absolute atomic E-state index is 14.4. The molecule has 1 aliphatic rings. The van der Waals surface area contributed by atoms with Crippen LogP contribution in [-0.4, -0.2) is 102 Å². The van der Waals surface area contributed by atoms with Gasteiger partial charge in [-0.3, -0.25) is 38.4 Å². The Hall–Kier alpha value is -5.06. The zero-order chi connectivity index (χ0) is 48.3. The molecular formula is C47H79N9O8. The van der Waals surface area contributed by atoms with Crippen LogP contribution in [-0.2, 0) is 44.8 Å². The molecule has 0 aliphatic carbocycles. The molecule has 1 fully saturated rings. The summed E-state index contributed by atoms with van der Waals surface area (Å²) in [6.07, 6.45) is 2.86. The average molecular weight is 898 g/mol. The molecule has 1 saturated heterocycles. The quantitative estimate of drug-likeness (QED) is 0.117. The molecule has 1 unspecified atom stereocenters. The van der Waals surface area contributed by atoms with Crippen LogP contribution in [0.2, 0.25) is 0 Å². The lowest BCUT2D eigenvalue weighted by atomic mass is 9.95. The summed E-state index contributed by atoms with van der Waals surface area (Å²) in [4.78, 5) is 113. The van der Waals surface area contributed by atoms with Gasteiger partial charge in [0.1, 0.15) is 48.3 Å². The zero-order valence-electron chi connectivity index (χ0n) is 40.1. The number of hydrogen-bond donors (Lipinski definition) is 9. The van der Waals surface area contributed by atoms with Gasteiger partial charge in [0.2, 0.25) is 47.3 Å². The Morgan fingerprint density at radius 2 is 0.891 bits per heavy atom. The largest absolute Gasteiger partial charge is 0.343 e. The van der Waals surface area contributed by atoms with E-state index in [1.54, 1.807) is 58.9 Å². The highest BCUT2D eigenvalue weighted by Crippen LogP contribution is 2.16. The van der Waals surface area contributed by atoms with Crippen molar-refractivity contribution in [3.63, 3.8) is 0 Å². The number of carbonyl (C=O) groups excluding carboxylic acids is 8. The van der Waals surface area contributed by atoms with E-state index < -0.39 is 119 Å². The zero-order valence-corrected chi connectivity index (χ0v) is 40.1. The van der Waals surface area contributed by atoms with E-state index in [-0.39, 0.29) is 25.2 Å². The summed E-state index contributed by atoms with van der Waals surface area (Å²) in [5.41, 5.74) is 6.51. The normalized spacial score (nSPS) is 26.8. The molecule has 1 heterocycles. The Balaban J connectivity index is 2.79. The van der Waals surface area contributed by atoms with Crippen LogP contribution in [0.15, 0.2) is 30.3 Å². The number of rotatable bonds is 15. The smallest absolute Gasteiger partial charge is 0.243 e. The molecule has 0 bridgehead atoms. The number of benzene rings is 1. The summed E-state index contributed by atoms with van der Waals surface area (Å²) in [7, 11) is 0. The summed E-state index contributed by atoms with van der Waals surface area (Å²) in [5.74, 6) is -6.88. The fraction of sp³-hybridized carbons (Fsp3) is 0.702. The highest BCUT2D eigenvalue weighted by Gasteiger charge is 2.38. The van der Waals surface area contributed by atoms with E-state index in [0.717, 1.165) is 5.56 Å². The van der Waals surface area contributed by atoms with E-state index in [1.165, 1.54) is 6.92 Å². The molecule has 64 heavy (non-hydrogen) atoms. The Bertz CT molecular complexity index is 1710. The molecule has 0 radical (unpaired) electrons. The fourth-order valence-corrected chi connectivity index (χ4v) is 7.36. The first kappa shape index (κ1) is 55.1. The van der Waals surface area contributed by atoms with Crippen LogP contribution < -0.4 is 48.3 Å². The Morgan fingerprint density at radius 1 is 0.484 bits per heavy atom. The minimum atomic E-state index is -1.20. The number of amides is 8. The molecule has 0 saturated carbocycles. The molecule has 1 aromatic carbocycles. The van der Waals surface area contributed by atoms with Crippen molar-refractivity contribution in [2.24, 2.45) is 35.3 Å². The molecule has 11 atom stereocenters. The van der Waals surface area contributed by atoms with Crippen molar-refractivity contribution in [2.75, 3.05) is 6.54 Å². The standard InChI is InChI=1S/C47H79N9O8/c1-12-28(8)37-45(62)49-31(11)40(57)54-39(30(10)14-3)47(64)53-36(27(6)7)44(61)50-33(22-18-19-23-48)41(58)55-38(29(9)13-2)46(63)52-35(25-32-20-16-15-17-21-32)42(59)51-34(24-26(4)5)43(60)56-37/h15-17,20-21,26-31,33-39H,12-14,18-19,22-25,48H2,1-11H3,(H,49,62)(H,50,61)(H,51,59)(H,52,63)(H,53,64)(H,54,57)(H,55,58)(H,56,60)/t28-,29-,30-,31+,33+,34+,35+,36+,37-,38?,39-/m0/s1. The summed E-state index contributed by atoms with van der Waals surface area (Å²) in [6, 6.07) is -0.0558. The Kier molecular flexibility index (Phi) is 23.5. The van der Waals surface area contributed by atoms with E-state index in [9.17, 15) is 38.4 Å². The predicted octanol–water partition coefficient (Wildman–Crippen LogP) is 2.11. The van der Waals surface area contributed by atoms with Crippen molar-refractivity contribution in [1.29, 1.82) is 0 Å². The average Bonchev–Trinajstić information content (AvgIpc) is 3.25. The van der Waals surface area contributed by atoms with Crippen LogP contribution in [0.1, 0.15) is 127 Å². The lowest BCUT2D eigenvalue weighted by Gasteiger charge is -2.32. The summed E-state index contributed by atoms with van der Waals surface area (Å²) < 4.78 is 0. The summed E-state index contributed by atoms with van der Waals surface area (Å²) in [5, 5.41) is 22.5. The number of unbranched alkanes of at least 4 members (excludes halogenated alkanes) is 1. The first-order valence-corrected chi connectivity index (χ1v) is 23.4. The number of nitrogens with one attached hydrogen (secondary N) is 8. The molecule has 8 amide bonds. The van der Waals surface area contributed by atoms with Crippen molar-refractivity contribution in [2.45, 2.75) is 176 Å². The van der Waals surface area contributed by atoms with Crippen LogP contribution in [0.5, 0.6) is 0 Å². The van der Waals surface area contributed by atoms with Gasteiger partial charge in [0.15, 0.2) is 0 Å². The molecule has 360 valence electrons. The fourth-order valence-electron chi connectivity index (χ4n) is 7.36. The molecule has 0 aromatic heterocycles. The van der Waals surface area contributed by atoms with Gasteiger partial charge in [0, 0.05) is 6.42 Å². The van der Waals surface area contributed by atoms with E-state index in [4.69, 9.17) is 5.73 Å². The first-order chi connectivity index (χ1) is 30.2. The lowest BCUT2D eigenvalue weighted by Crippen LogP contribution is -2.63. The van der Waals surface area contributed by atoms with E-state index in [2.05, 4.69) is 42.5 Å². The third-order valence-corrected chi connectivity index (χ3v) is 12.2. The second-order valence-electron chi connectivity index (χ2n) is 18.4. The number of nitrogens with two attached hydrogens (primary N) is 1. The Labute approximate surface area is 380 Å². The second kappa shape index (κ2) is 27.3. The number of carbonyl (C=O) groups is 8. The third kappa shape index (κ3) is 17.1. The van der Waals surface area contributed by atoms with Gasteiger partial charge in [-0.05, 0) is 74.3 Å². The molecule has 2 rings (SSSR count). The van der Waals surface area contributed by atoms with E-state index in [1.807, 2.05) is 40.7 Å². The van der Waals surface area contributed by atoms with Crippen LogP contribution in [0.3, 0.4) is 0 Å². The molecule has 1 aliphatic heterocycles. The van der Waals surface area contributed by atoms with Gasteiger partial charge in [-0.2, -0.15) is 0 Å². The summed E-state index contributed by atoms with van der Waals surface area (Å²) in [6.45, 7) is 20.0. The van der Waals surface area contributed by atoms with Crippen LogP contribution in [0.25, 0.3) is 0 Å². The molecule has 17 nitrogen and oxygen atoms in total. The van der Waals surface area contributed by atoms with Crippen LogP contribution in [0, 0.1) is 29.6 Å². The summed E-state index contributed by atoms with van der Waals surface area (Å²) >= 11 is 0. The molecule has 1 aromatic rings. The van der Waals surface area contributed by atoms with E-state index in [0.29, 0.717) is 38.6 Å². The highest BCUT2D eigenvalue weighted by molar-refractivity contribution is 5.99. The van der Waals surface area contributed by atoms with Gasteiger partial charge in [-0.15, -0.1) is 0 Å². The molecular weight excluding hydrogens is 819 g/mol. The van der Waals surface area contributed by atoms with E-state index >= 15 is 0 Å². The van der Waals surface area contributed by atoms with Gasteiger partial charge in [-0.1, -0.05) is 119 Å². The van der Waals surface area contributed by atoms with Crippen molar-refractivity contribution in [1.82, 2.24) is 42.5 Å². The SMILES string of the molecule is CC[C@H](C)C1NC(=O)[C@@H](CCCCN)NC(=O)[C@@H](C(C)C)NC(=O)[C@H]([C@@H](C)CC)NC(=O)[C@@H](C)NC(=O)[C@H]([C@@H](C)CC)NC(=O)[C@@H](CC(C)C)NC(=O)[C@@H](Cc2ccccc2)NC1=O. The lowest BCUT2D eigenvalue weighted by molar-refractivity contribution is -0.138. The third-order valence-electron chi connectivity index (χ3n) is 12.2. The van der Waals surface area contributed by atoms with Gasteiger partial charge in [-0.25, -0.2) is 0 Å².